The molecule has 132 valence electrons. The summed E-state index contributed by atoms with van der Waals surface area (Å²) in [5, 5.41) is 26.9. The van der Waals surface area contributed by atoms with Gasteiger partial charge in [0.05, 0.1) is 10.6 Å². The largest absolute Gasteiger partial charge is 0.599 e. The number of carbonyl (C=O) groups excluding carboxylic acids is 2. The van der Waals surface area contributed by atoms with E-state index >= 15 is 0 Å². The Morgan fingerprint density at radius 3 is 2.58 bits per heavy atom. The van der Waals surface area contributed by atoms with Crippen LogP contribution in [0.25, 0.3) is 0 Å². The first-order chi connectivity index (χ1) is 12.4. The number of ketones is 1. The normalized spacial score (nSPS) is 26.7. The molecule has 2 aliphatic heterocycles. The van der Waals surface area contributed by atoms with E-state index in [0.29, 0.717) is 11.4 Å². The van der Waals surface area contributed by atoms with E-state index in [-0.39, 0.29) is 17.8 Å². The molecule has 2 aliphatic rings. The quantitative estimate of drug-likeness (QED) is 0.374. The molecule has 0 aromatic heterocycles. The number of nitrogens with zero attached hydrogens (tertiary/aromatic N) is 2. The van der Waals surface area contributed by atoms with Crippen LogP contribution in [0.15, 0.2) is 48.5 Å². The fourth-order valence-corrected chi connectivity index (χ4v) is 3.43. The van der Waals surface area contributed by atoms with E-state index in [1.165, 1.54) is 18.2 Å². The molecule has 0 spiro atoms. The number of benzene rings is 2. The van der Waals surface area contributed by atoms with Crippen molar-refractivity contribution in [3.63, 3.8) is 0 Å². The molecule has 2 N–H and O–H groups in total. The summed E-state index contributed by atoms with van der Waals surface area (Å²) >= 11 is 0. The lowest BCUT2D eigenvalue weighted by Gasteiger charge is -2.35. The van der Waals surface area contributed by atoms with Crippen LogP contribution in [0.3, 0.4) is 0 Å². The predicted molar refractivity (Wildman–Crippen MR) is 91.9 cm³/mol. The van der Waals surface area contributed by atoms with E-state index < -0.39 is 33.3 Å². The summed E-state index contributed by atoms with van der Waals surface area (Å²) in [7, 11) is 0. The van der Waals surface area contributed by atoms with Crippen molar-refractivity contribution >= 4 is 28.8 Å². The maximum absolute atomic E-state index is 13.0. The number of rotatable bonds is 3. The van der Waals surface area contributed by atoms with Gasteiger partial charge in [0.15, 0.2) is 11.8 Å². The number of hydroxylamine groups is 2. The summed E-state index contributed by atoms with van der Waals surface area (Å²) in [5.41, 5.74) is 3.33. The Morgan fingerprint density at radius 2 is 1.88 bits per heavy atom. The first kappa shape index (κ1) is 16.2. The highest BCUT2D eigenvalue weighted by Crippen LogP contribution is 2.38. The number of hydrogen-bond acceptors (Lipinski definition) is 7. The molecule has 0 saturated carbocycles. The van der Waals surface area contributed by atoms with Crippen LogP contribution in [0.1, 0.15) is 10.4 Å². The third kappa shape index (κ3) is 2.41. The predicted octanol–water partition coefficient (Wildman–Crippen LogP) is 2.07. The van der Waals surface area contributed by atoms with Crippen molar-refractivity contribution < 1.29 is 19.3 Å². The van der Waals surface area contributed by atoms with E-state index in [1.807, 2.05) is 0 Å². The van der Waals surface area contributed by atoms with Crippen molar-refractivity contribution in [2.24, 2.45) is 5.92 Å². The number of fused-ring (bicyclic) bond motifs is 2. The van der Waals surface area contributed by atoms with Gasteiger partial charge in [-0.05, 0) is 18.2 Å². The van der Waals surface area contributed by atoms with Crippen LogP contribution in [-0.4, -0.2) is 34.0 Å². The number of non-ortho nitro benzene ring substituents is 1. The van der Waals surface area contributed by atoms with Gasteiger partial charge in [0.2, 0.25) is 0 Å². The van der Waals surface area contributed by atoms with Gasteiger partial charge in [0.25, 0.3) is 5.69 Å². The molecular weight excluding hydrogens is 340 g/mol. The number of anilines is 2. The Kier molecular flexibility index (Phi) is 3.49. The van der Waals surface area contributed by atoms with Crippen molar-refractivity contribution in [1.82, 2.24) is 0 Å². The molecule has 1 amide bonds. The Hall–Kier alpha value is -3.30. The summed E-state index contributed by atoms with van der Waals surface area (Å²) in [6.07, 6.45) is 0. The number of quaternary nitrogens is 1. The molecule has 1 fully saturated rings. The van der Waals surface area contributed by atoms with Crippen molar-refractivity contribution in [3.8, 4) is 0 Å². The molecule has 3 unspecified atom stereocenters. The number of amides is 1. The molecule has 1 saturated heterocycles. The van der Waals surface area contributed by atoms with Crippen LogP contribution in [-0.2, 0) is 4.79 Å². The van der Waals surface area contributed by atoms with Gasteiger partial charge in [0, 0.05) is 23.4 Å². The van der Waals surface area contributed by atoms with Crippen molar-refractivity contribution in [1.29, 1.82) is 0 Å². The summed E-state index contributed by atoms with van der Waals surface area (Å²) < 4.78 is -1.37. The van der Waals surface area contributed by atoms with Crippen molar-refractivity contribution in [2.75, 3.05) is 17.3 Å². The molecule has 0 aliphatic carbocycles. The Bertz CT molecular complexity index is 932. The fraction of sp³-hybridized carbons (Fsp3) is 0.176. The molecule has 2 aromatic carbocycles. The van der Waals surface area contributed by atoms with Gasteiger partial charge >= 0.3 is 5.91 Å². The maximum Gasteiger partial charge on any atom is 0.361 e. The second-order valence-corrected chi connectivity index (χ2v) is 6.32. The van der Waals surface area contributed by atoms with Gasteiger partial charge in [-0.2, -0.15) is 4.76 Å². The summed E-state index contributed by atoms with van der Waals surface area (Å²) in [5.74, 6) is -2.02. The topological polar surface area (TPSA) is 124 Å². The van der Waals surface area contributed by atoms with Gasteiger partial charge in [-0.15, -0.1) is 0 Å². The highest BCUT2D eigenvalue weighted by molar-refractivity contribution is 6.09. The Balaban J connectivity index is 1.66. The highest BCUT2D eigenvalue weighted by atomic mass is 16.6. The van der Waals surface area contributed by atoms with Crippen LogP contribution in [0.2, 0.25) is 0 Å². The molecule has 9 heteroatoms. The number of nitro groups is 1. The number of hydrogen-bond donors (Lipinski definition) is 2. The molecule has 3 atom stereocenters. The van der Waals surface area contributed by atoms with E-state index in [1.54, 1.807) is 30.3 Å². The van der Waals surface area contributed by atoms with Crippen LogP contribution >= 0.6 is 0 Å². The van der Waals surface area contributed by atoms with Gasteiger partial charge in [-0.1, -0.05) is 18.2 Å². The van der Waals surface area contributed by atoms with Gasteiger partial charge in [-0.25, -0.2) is 10.2 Å². The molecule has 26 heavy (non-hydrogen) atoms. The highest BCUT2D eigenvalue weighted by Gasteiger charge is 2.56. The third-order valence-electron chi connectivity index (χ3n) is 4.69. The number of nitro benzene ring substituents is 1. The van der Waals surface area contributed by atoms with Crippen LogP contribution in [0, 0.1) is 21.2 Å². The lowest BCUT2D eigenvalue weighted by molar-refractivity contribution is -0.773. The molecule has 2 aromatic rings. The lowest BCUT2D eigenvalue weighted by atomic mass is 9.88. The lowest BCUT2D eigenvalue weighted by Crippen LogP contribution is -2.51. The summed E-state index contributed by atoms with van der Waals surface area (Å²) in [6.45, 7) is -0.285. The minimum Gasteiger partial charge on any atom is -0.599 e. The number of nitrogens with one attached hydrogen (secondary N) is 2. The Morgan fingerprint density at radius 1 is 1.15 bits per heavy atom. The standard InChI is InChI=1S/C17H14N4O5/c22-16-12-8-11(20(24)25)6-7-14(12)18-15-13(16)9-21(26,17(15)23)19-10-4-2-1-3-5-10/h1-8,13,15,18-19H,9H2. The first-order valence-corrected chi connectivity index (χ1v) is 7.95. The van der Waals surface area contributed by atoms with Gasteiger partial charge < -0.3 is 10.5 Å². The molecule has 0 bridgehead atoms. The average molecular weight is 354 g/mol. The summed E-state index contributed by atoms with van der Waals surface area (Å²) in [6, 6.07) is 11.4. The fourth-order valence-electron chi connectivity index (χ4n) is 3.43. The van der Waals surface area contributed by atoms with Crippen molar-refractivity contribution in [3.05, 3.63) is 69.4 Å². The summed E-state index contributed by atoms with van der Waals surface area (Å²) in [4.78, 5) is 35.8. The minimum atomic E-state index is -1.37. The Labute approximate surface area is 147 Å². The third-order valence-corrected chi connectivity index (χ3v) is 4.69. The van der Waals surface area contributed by atoms with Crippen LogP contribution in [0.5, 0.6) is 0 Å². The van der Waals surface area contributed by atoms with E-state index in [9.17, 15) is 24.9 Å². The second-order valence-electron chi connectivity index (χ2n) is 6.32. The molecular formula is C17H14N4O5. The van der Waals surface area contributed by atoms with Gasteiger partial charge in [-0.3, -0.25) is 14.9 Å². The van der Waals surface area contributed by atoms with Crippen LogP contribution in [0.4, 0.5) is 17.1 Å². The van der Waals surface area contributed by atoms with Crippen LogP contribution < -0.4 is 10.7 Å². The zero-order valence-corrected chi connectivity index (χ0v) is 13.4. The monoisotopic (exact) mass is 354 g/mol. The molecule has 4 rings (SSSR count). The molecule has 2 heterocycles. The molecule has 9 nitrogen and oxygen atoms in total. The van der Waals surface area contributed by atoms with Crippen molar-refractivity contribution in [2.45, 2.75) is 6.04 Å². The number of Topliss-reactive ketones (excluding diaryl/α,β-unsaturated/α-hetero) is 1. The zero-order valence-electron chi connectivity index (χ0n) is 13.4. The SMILES string of the molecule is O=C1c2cc([N+](=O)[O-])ccc2NC2C(=O)[N+]([O-])(Nc3ccccc3)CC12. The maximum atomic E-state index is 13.0. The average Bonchev–Trinajstić information content (AvgIpc) is 2.87. The van der Waals surface area contributed by atoms with E-state index in [4.69, 9.17) is 0 Å². The number of carbonyl (C=O) groups is 2. The van der Waals surface area contributed by atoms with E-state index in [0.717, 1.165) is 0 Å². The number of para-hydroxylation sites is 1. The smallest absolute Gasteiger partial charge is 0.361 e. The van der Waals surface area contributed by atoms with E-state index in [2.05, 4.69) is 10.7 Å². The minimum absolute atomic E-state index is 0.126. The second kappa shape index (κ2) is 5.61. The first-order valence-electron chi connectivity index (χ1n) is 7.95. The molecule has 0 radical (unpaired) electrons. The van der Waals surface area contributed by atoms with Gasteiger partial charge in [0.1, 0.15) is 12.5 Å². The zero-order chi connectivity index (χ0) is 18.5.